The fourth-order valence-corrected chi connectivity index (χ4v) is 2.47. The molecular weight excluding hydrogens is 250 g/mol. The molecule has 0 aliphatic carbocycles. The van der Waals surface area contributed by atoms with Crippen molar-refractivity contribution < 1.29 is 4.84 Å². The number of rotatable bonds is 4. The largest absolute Gasteiger partial charge is 0.278 e. The van der Waals surface area contributed by atoms with Crippen LogP contribution >= 0.6 is 0 Å². The van der Waals surface area contributed by atoms with Crippen LogP contribution in [0, 0.1) is 13.8 Å². The molecule has 0 aliphatic heterocycles. The van der Waals surface area contributed by atoms with Crippen LogP contribution in [0.3, 0.4) is 0 Å². The van der Waals surface area contributed by atoms with Crippen molar-refractivity contribution in [3.63, 3.8) is 0 Å². The first-order valence-corrected chi connectivity index (χ1v) is 7.12. The average Bonchev–Trinajstić information content (AvgIpc) is 2.38. The highest BCUT2D eigenvalue weighted by Gasteiger charge is 2.22. The lowest BCUT2D eigenvalue weighted by atomic mass is 9.87. The molecule has 0 saturated heterocycles. The van der Waals surface area contributed by atoms with Gasteiger partial charge in [0.25, 0.3) is 0 Å². The van der Waals surface area contributed by atoms with Gasteiger partial charge >= 0.3 is 0 Å². The Morgan fingerprint density at radius 1 is 1.15 bits per heavy atom. The standard InChI is InChI=1S/C16H27N3O/c1-9(2)13-14(16(17-7)19-20-8)11(5)12(6)18-15(13)10(3)4/h9-10H,1-8H3,(H,17,19). The minimum Gasteiger partial charge on any atom is -0.278 e. The zero-order valence-corrected chi connectivity index (χ0v) is 14.0. The van der Waals surface area contributed by atoms with Crippen molar-refractivity contribution in [1.29, 1.82) is 0 Å². The van der Waals surface area contributed by atoms with Gasteiger partial charge in [0.2, 0.25) is 0 Å². The van der Waals surface area contributed by atoms with Crippen LogP contribution in [0.1, 0.15) is 67.6 Å². The number of hydroxylamine groups is 1. The van der Waals surface area contributed by atoms with Gasteiger partial charge in [-0.15, -0.1) is 0 Å². The summed E-state index contributed by atoms with van der Waals surface area (Å²) in [6.07, 6.45) is 0. The van der Waals surface area contributed by atoms with Crippen LogP contribution in [0.2, 0.25) is 0 Å². The molecule has 1 rings (SSSR count). The van der Waals surface area contributed by atoms with E-state index in [0.717, 1.165) is 28.4 Å². The molecule has 1 aromatic rings. The van der Waals surface area contributed by atoms with Gasteiger partial charge in [-0.2, -0.15) is 0 Å². The van der Waals surface area contributed by atoms with Crippen molar-refractivity contribution in [3.05, 3.63) is 28.1 Å². The van der Waals surface area contributed by atoms with Crippen LogP contribution in [0.5, 0.6) is 0 Å². The number of hydrogen-bond acceptors (Lipinski definition) is 3. The van der Waals surface area contributed by atoms with E-state index in [1.54, 1.807) is 14.2 Å². The van der Waals surface area contributed by atoms with E-state index in [4.69, 9.17) is 9.82 Å². The van der Waals surface area contributed by atoms with E-state index in [1.165, 1.54) is 5.56 Å². The molecular formula is C16H27N3O. The van der Waals surface area contributed by atoms with Gasteiger partial charge in [0, 0.05) is 24.0 Å². The summed E-state index contributed by atoms with van der Waals surface area (Å²) in [7, 11) is 3.38. The van der Waals surface area contributed by atoms with Gasteiger partial charge in [0.05, 0.1) is 7.11 Å². The molecule has 0 radical (unpaired) electrons. The SMILES string of the molecule is CN=C(NOC)c1c(C)c(C)nc(C(C)C)c1C(C)C. The van der Waals surface area contributed by atoms with Crippen molar-refractivity contribution >= 4 is 5.84 Å². The fourth-order valence-electron chi connectivity index (χ4n) is 2.47. The van der Waals surface area contributed by atoms with E-state index < -0.39 is 0 Å². The maximum absolute atomic E-state index is 5.08. The molecule has 4 heteroatoms. The molecule has 0 atom stereocenters. The van der Waals surface area contributed by atoms with E-state index in [1.807, 2.05) is 0 Å². The van der Waals surface area contributed by atoms with Crippen molar-refractivity contribution in [2.75, 3.05) is 14.2 Å². The third-order valence-electron chi connectivity index (χ3n) is 3.53. The summed E-state index contributed by atoms with van der Waals surface area (Å²) in [4.78, 5) is 14.2. The molecule has 112 valence electrons. The number of nitrogens with one attached hydrogen (secondary N) is 1. The van der Waals surface area contributed by atoms with Crippen LogP contribution in [-0.4, -0.2) is 25.0 Å². The number of aliphatic imine (C=N–C) groups is 1. The normalized spacial score (nSPS) is 12.4. The maximum Gasteiger partial charge on any atom is 0.152 e. The molecule has 1 N–H and O–H groups in total. The highest BCUT2D eigenvalue weighted by molar-refractivity contribution is 6.01. The van der Waals surface area contributed by atoms with Crippen LogP contribution < -0.4 is 5.48 Å². The van der Waals surface area contributed by atoms with Gasteiger partial charge in [-0.1, -0.05) is 27.7 Å². The molecule has 0 aliphatic rings. The summed E-state index contributed by atoms with van der Waals surface area (Å²) in [5.74, 6) is 1.52. The Balaban J connectivity index is 3.70. The number of aryl methyl sites for hydroxylation is 1. The van der Waals surface area contributed by atoms with E-state index in [0.29, 0.717) is 11.8 Å². The second-order valence-electron chi connectivity index (χ2n) is 5.68. The predicted octanol–water partition coefficient (Wildman–Crippen LogP) is 3.47. The average molecular weight is 277 g/mol. The van der Waals surface area contributed by atoms with Crippen molar-refractivity contribution in [3.8, 4) is 0 Å². The van der Waals surface area contributed by atoms with E-state index in [-0.39, 0.29) is 0 Å². The quantitative estimate of drug-likeness (QED) is 0.521. The third-order valence-corrected chi connectivity index (χ3v) is 3.53. The van der Waals surface area contributed by atoms with Crippen molar-refractivity contribution in [1.82, 2.24) is 10.5 Å². The van der Waals surface area contributed by atoms with E-state index >= 15 is 0 Å². The Morgan fingerprint density at radius 2 is 1.75 bits per heavy atom. The first-order valence-electron chi connectivity index (χ1n) is 7.12. The molecule has 4 nitrogen and oxygen atoms in total. The van der Waals surface area contributed by atoms with Crippen LogP contribution in [0.25, 0.3) is 0 Å². The maximum atomic E-state index is 5.08. The fraction of sp³-hybridized carbons (Fsp3) is 0.625. The Hall–Kier alpha value is -1.42. The second kappa shape index (κ2) is 6.84. The number of nitrogens with zero attached hydrogens (tertiary/aromatic N) is 2. The highest BCUT2D eigenvalue weighted by Crippen LogP contribution is 2.31. The molecule has 0 spiro atoms. The van der Waals surface area contributed by atoms with Gasteiger partial charge < -0.3 is 0 Å². The monoisotopic (exact) mass is 277 g/mol. The topological polar surface area (TPSA) is 46.5 Å². The Labute approximate surface area is 122 Å². The summed E-state index contributed by atoms with van der Waals surface area (Å²) in [5.41, 5.74) is 8.64. The van der Waals surface area contributed by atoms with Crippen LogP contribution in [0.4, 0.5) is 0 Å². The lowest BCUT2D eigenvalue weighted by molar-refractivity contribution is 0.145. The number of aromatic nitrogens is 1. The van der Waals surface area contributed by atoms with Gasteiger partial charge in [0.1, 0.15) is 0 Å². The van der Waals surface area contributed by atoms with Gasteiger partial charge in [-0.3, -0.25) is 14.8 Å². The minimum atomic E-state index is 0.379. The van der Waals surface area contributed by atoms with Gasteiger partial charge in [-0.05, 0) is 36.8 Å². The molecule has 0 saturated carbocycles. The zero-order chi connectivity index (χ0) is 15.4. The predicted molar refractivity (Wildman–Crippen MR) is 84.5 cm³/mol. The molecule has 0 aromatic carbocycles. The first-order chi connectivity index (χ1) is 9.34. The van der Waals surface area contributed by atoms with E-state index in [2.05, 4.69) is 52.0 Å². The second-order valence-corrected chi connectivity index (χ2v) is 5.68. The zero-order valence-electron chi connectivity index (χ0n) is 14.0. The number of amidine groups is 1. The molecule has 0 amide bonds. The summed E-state index contributed by atoms with van der Waals surface area (Å²) >= 11 is 0. The van der Waals surface area contributed by atoms with Gasteiger partial charge in [0.15, 0.2) is 5.84 Å². The smallest absolute Gasteiger partial charge is 0.152 e. The minimum absolute atomic E-state index is 0.379. The van der Waals surface area contributed by atoms with Crippen LogP contribution in [0.15, 0.2) is 4.99 Å². The molecule has 0 bridgehead atoms. The molecule has 1 aromatic heterocycles. The lowest BCUT2D eigenvalue weighted by Gasteiger charge is -2.23. The number of hydrogen-bond donors (Lipinski definition) is 1. The summed E-state index contributed by atoms with van der Waals surface area (Å²) in [6, 6.07) is 0. The first kappa shape index (κ1) is 16.6. The van der Waals surface area contributed by atoms with Crippen molar-refractivity contribution in [2.24, 2.45) is 4.99 Å². The Kier molecular flexibility index (Phi) is 5.69. The summed E-state index contributed by atoms with van der Waals surface area (Å²) in [6.45, 7) is 12.9. The molecule has 1 heterocycles. The highest BCUT2D eigenvalue weighted by atomic mass is 16.6. The molecule has 0 unspecified atom stereocenters. The number of pyridine rings is 1. The Bertz CT molecular complexity index is 505. The molecule has 0 fully saturated rings. The Morgan fingerprint density at radius 3 is 2.15 bits per heavy atom. The van der Waals surface area contributed by atoms with Crippen molar-refractivity contribution in [2.45, 2.75) is 53.4 Å². The summed E-state index contributed by atoms with van der Waals surface area (Å²) < 4.78 is 0. The molecule has 20 heavy (non-hydrogen) atoms. The van der Waals surface area contributed by atoms with Crippen LogP contribution in [-0.2, 0) is 4.84 Å². The lowest BCUT2D eigenvalue weighted by Crippen LogP contribution is -2.27. The van der Waals surface area contributed by atoms with E-state index in [9.17, 15) is 0 Å². The summed E-state index contributed by atoms with van der Waals surface area (Å²) in [5, 5.41) is 0. The third kappa shape index (κ3) is 3.18. The van der Waals surface area contributed by atoms with Gasteiger partial charge in [-0.25, -0.2) is 5.48 Å².